The number of ether oxygens (including phenoxy) is 2. The van der Waals surface area contributed by atoms with Crippen LogP contribution in [0, 0.1) is 0 Å². The van der Waals surface area contributed by atoms with Crippen molar-refractivity contribution >= 4 is 22.6 Å². The molecule has 2 saturated heterocycles. The van der Waals surface area contributed by atoms with Crippen LogP contribution in [0.3, 0.4) is 0 Å². The van der Waals surface area contributed by atoms with Gasteiger partial charge in [-0.15, -0.1) is 0 Å². The predicted molar refractivity (Wildman–Crippen MR) is 81.2 cm³/mol. The summed E-state index contributed by atoms with van der Waals surface area (Å²) < 4.78 is 15.4. The lowest BCUT2D eigenvalue weighted by molar-refractivity contribution is -0.148. The topological polar surface area (TPSA) is 67.8 Å². The molecule has 22 heavy (non-hydrogen) atoms. The van der Waals surface area contributed by atoms with Crippen LogP contribution in [0.2, 0.25) is 0 Å². The smallest absolute Gasteiger partial charge is 0.253 e. The highest BCUT2D eigenvalue weighted by Crippen LogP contribution is 2.39. The fourth-order valence-electron chi connectivity index (χ4n) is 2.82. The molecule has 1 unspecified atom stereocenters. The normalized spacial score (nSPS) is 26.3. The molecule has 4 rings (SSSR count). The van der Waals surface area contributed by atoms with Crippen molar-refractivity contribution in [1.29, 1.82) is 0 Å². The molecule has 0 spiro atoms. The van der Waals surface area contributed by atoms with Gasteiger partial charge in [0.2, 0.25) is 5.13 Å². The van der Waals surface area contributed by atoms with Gasteiger partial charge in [0.1, 0.15) is 5.82 Å². The molecule has 3 heterocycles. The minimum Gasteiger partial charge on any atom is -0.378 e. The van der Waals surface area contributed by atoms with Crippen LogP contribution in [0.1, 0.15) is 24.6 Å². The summed E-state index contributed by atoms with van der Waals surface area (Å²) in [5, 5.41) is 0.921. The van der Waals surface area contributed by atoms with Crippen molar-refractivity contribution in [3.63, 3.8) is 0 Å². The lowest BCUT2D eigenvalue weighted by Crippen LogP contribution is -2.53. The lowest BCUT2D eigenvalue weighted by atomic mass is 10.2. The van der Waals surface area contributed by atoms with Crippen LogP contribution >= 0.6 is 11.5 Å². The van der Waals surface area contributed by atoms with Gasteiger partial charge >= 0.3 is 0 Å². The summed E-state index contributed by atoms with van der Waals surface area (Å²) in [5.74, 6) is 1.61. The van der Waals surface area contributed by atoms with Crippen LogP contribution in [-0.4, -0.2) is 72.3 Å². The van der Waals surface area contributed by atoms with Crippen LogP contribution in [0.15, 0.2) is 0 Å². The molecule has 8 heteroatoms. The van der Waals surface area contributed by atoms with E-state index in [0.717, 1.165) is 17.5 Å². The minimum atomic E-state index is -0.403. The van der Waals surface area contributed by atoms with Gasteiger partial charge in [-0.25, -0.2) is 4.98 Å². The molecule has 1 aliphatic carbocycles. The molecule has 0 radical (unpaired) electrons. The highest BCUT2D eigenvalue weighted by molar-refractivity contribution is 7.09. The van der Waals surface area contributed by atoms with Gasteiger partial charge in [-0.3, -0.25) is 4.79 Å². The average molecular weight is 324 g/mol. The third kappa shape index (κ3) is 2.95. The minimum absolute atomic E-state index is 0.0694. The highest BCUT2D eigenvalue weighted by Gasteiger charge is 2.33. The summed E-state index contributed by atoms with van der Waals surface area (Å²) in [4.78, 5) is 21.2. The van der Waals surface area contributed by atoms with E-state index in [1.54, 1.807) is 0 Å². The van der Waals surface area contributed by atoms with E-state index in [1.165, 1.54) is 24.4 Å². The van der Waals surface area contributed by atoms with E-state index in [2.05, 4.69) is 14.3 Å². The standard InChI is InChI=1S/C14H20N4O3S/c19-13(17-3-6-20-7-4-17)11-9-18(5-8-21-11)14-15-12(16-22-14)10-1-2-10/h10-11H,1-9H2. The summed E-state index contributed by atoms with van der Waals surface area (Å²) >= 11 is 1.44. The first-order chi connectivity index (χ1) is 10.8. The first kappa shape index (κ1) is 14.3. The molecule has 1 aromatic rings. The van der Waals surface area contributed by atoms with Crippen LogP contribution in [-0.2, 0) is 14.3 Å². The number of nitrogens with zero attached hydrogens (tertiary/aromatic N) is 4. The largest absolute Gasteiger partial charge is 0.378 e. The molecule has 0 bridgehead atoms. The van der Waals surface area contributed by atoms with Crippen molar-refractivity contribution in [2.45, 2.75) is 24.9 Å². The Balaban J connectivity index is 1.40. The monoisotopic (exact) mass is 324 g/mol. The third-order valence-electron chi connectivity index (χ3n) is 4.31. The van der Waals surface area contributed by atoms with Crippen molar-refractivity contribution in [2.24, 2.45) is 0 Å². The fourth-order valence-corrected chi connectivity index (χ4v) is 3.60. The molecule has 1 amide bonds. The zero-order chi connectivity index (χ0) is 14.9. The van der Waals surface area contributed by atoms with Gasteiger partial charge in [0.05, 0.1) is 26.4 Å². The number of anilines is 1. The maximum Gasteiger partial charge on any atom is 0.253 e. The number of amides is 1. The first-order valence-electron chi connectivity index (χ1n) is 7.88. The van der Waals surface area contributed by atoms with Gasteiger partial charge in [-0.1, -0.05) is 0 Å². The van der Waals surface area contributed by atoms with Crippen LogP contribution < -0.4 is 4.90 Å². The SMILES string of the molecule is O=C(C1CN(c2nc(C3CC3)ns2)CCO1)N1CCOCC1. The molecular weight excluding hydrogens is 304 g/mol. The predicted octanol–water partition coefficient (Wildman–Crippen LogP) is 0.479. The quantitative estimate of drug-likeness (QED) is 0.806. The molecule has 1 saturated carbocycles. The molecule has 7 nitrogen and oxygen atoms in total. The average Bonchev–Trinajstić information content (AvgIpc) is 3.32. The molecular formula is C14H20N4O3S. The summed E-state index contributed by atoms with van der Waals surface area (Å²) in [7, 11) is 0. The fraction of sp³-hybridized carbons (Fsp3) is 0.786. The van der Waals surface area contributed by atoms with E-state index in [-0.39, 0.29) is 5.91 Å². The van der Waals surface area contributed by atoms with Crippen LogP contribution in [0.4, 0.5) is 5.13 Å². The maximum absolute atomic E-state index is 12.5. The Bertz CT molecular complexity index is 542. The van der Waals surface area contributed by atoms with E-state index in [1.807, 2.05) is 4.90 Å². The summed E-state index contributed by atoms with van der Waals surface area (Å²) in [6.07, 6.45) is 2.01. The molecule has 3 fully saturated rings. The Morgan fingerprint density at radius 2 is 2.00 bits per heavy atom. The van der Waals surface area contributed by atoms with E-state index in [4.69, 9.17) is 9.47 Å². The summed E-state index contributed by atoms with van der Waals surface area (Å²) in [6.45, 7) is 4.43. The number of carbonyl (C=O) groups excluding carboxylic acids is 1. The summed E-state index contributed by atoms with van der Waals surface area (Å²) in [6, 6.07) is 0. The van der Waals surface area contributed by atoms with E-state index in [9.17, 15) is 4.79 Å². The Labute approximate surface area is 133 Å². The second-order valence-corrected chi connectivity index (χ2v) is 6.68. The Kier molecular flexibility index (Phi) is 3.98. The highest BCUT2D eigenvalue weighted by atomic mass is 32.1. The van der Waals surface area contributed by atoms with Gasteiger partial charge in [0.25, 0.3) is 5.91 Å². The summed E-state index contributed by atoms with van der Waals surface area (Å²) in [5.41, 5.74) is 0. The third-order valence-corrected chi connectivity index (χ3v) is 5.10. The van der Waals surface area contributed by atoms with E-state index >= 15 is 0 Å². The number of rotatable bonds is 3. The van der Waals surface area contributed by atoms with Gasteiger partial charge in [-0.2, -0.15) is 4.37 Å². The van der Waals surface area contributed by atoms with Crippen molar-refractivity contribution < 1.29 is 14.3 Å². The zero-order valence-corrected chi connectivity index (χ0v) is 13.3. The van der Waals surface area contributed by atoms with Gasteiger partial charge < -0.3 is 19.3 Å². The van der Waals surface area contributed by atoms with Gasteiger partial charge in [0, 0.05) is 37.1 Å². The van der Waals surface area contributed by atoms with Crippen LogP contribution in [0.25, 0.3) is 0 Å². The second-order valence-electron chi connectivity index (χ2n) is 5.95. The molecule has 2 aliphatic heterocycles. The Hall–Kier alpha value is -1.25. The Morgan fingerprint density at radius 3 is 2.77 bits per heavy atom. The van der Waals surface area contributed by atoms with Crippen molar-refractivity contribution in [3.05, 3.63) is 5.82 Å². The van der Waals surface area contributed by atoms with E-state index in [0.29, 0.717) is 45.4 Å². The molecule has 0 N–H and O–H groups in total. The second kappa shape index (κ2) is 6.10. The Morgan fingerprint density at radius 1 is 1.18 bits per heavy atom. The van der Waals surface area contributed by atoms with Crippen molar-refractivity contribution in [3.8, 4) is 0 Å². The number of hydrogen-bond acceptors (Lipinski definition) is 7. The number of hydrogen-bond donors (Lipinski definition) is 0. The number of morpholine rings is 2. The first-order valence-corrected chi connectivity index (χ1v) is 8.65. The molecule has 1 atom stereocenters. The lowest BCUT2D eigenvalue weighted by Gasteiger charge is -2.35. The number of carbonyl (C=O) groups is 1. The molecule has 1 aromatic heterocycles. The van der Waals surface area contributed by atoms with Gasteiger partial charge in [0.15, 0.2) is 6.10 Å². The molecule has 120 valence electrons. The zero-order valence-electron chi connectivity index (χ0n) is 12.4. The van der Waals surface area contributed by atoms with Crippen molar-refractivity contribution in [2.75, 3.05) is 50.9 Å². The van der Waals surface area contributed by atoms with Crippen LogP contribution in [0.5, 0.6) is 0 Å². The molecule has 0 aromatic carbocycles. The number of aromatic nitrogens is 2. The van der Waals surface area contributed by atoms with Gasteiger partial charge in [-0.05, 0) is 12.8 Å². The van der Waals surface area contributed by atoms with Crippen molar-refractivity contribution in [1.82, 2.24) is 14.3 Å². The van der Waals surface area contributed by atoms with E-state index < -0.39 is 6.10 Å². The molecule has 3 aliphatic rings. The maximum atomic E-state index is 12.5.